The van der Waals surface area contributed by atoms with Crippen LogP contribution in [-0.2, 0) is 4.79 Å². The van der Waals surface area contributed by atoms with Crippen molar-refractivity contribution < 1.29 is 9.90 Å². The van der Waals surface area contributed by atoms with E-state index in [2.05, 4.69) is 15.9 Å². The predicted octanol–water partition coefficient (Wildman–Crippen LogP) is 2.40. The minimum Gasteiger partial charge on any atom is -0.478 e. The first kappa shape index (κ1) is 10.5. The lowest BCUT2D eigenvalue weighted by Crippen LogP contribution is -2.00. The van der Waals surface area contributed by atoms with Crippen LogP contribution in [-0.4, -0.2) is 11.1 Å². The van der Waals surface area contributed by atoms with Crippen molar-refractivity contribution in [1.82, 2.24) is 0 Å². The van der Waals surface area contributed by atoms with Crippen molar-refractivity contribution >= 4 is 27.5 Å². The number of carboxylic acid groups (broad SMARTS) is 1. The van der Waals surface area contributed by atoms with Crippen molar-refractivity contribution in [3.05, 3.63) is 40.4 Å². The summed E-state index contributed by atoms with van der Waals surface area (Å²) in [6.45, 7) is 0. The topological polar surface area (TPSA) is 61.1 Å². The Kier molecular flexibility index (Phi) is 3.43. The van der Waals surface area contributed by atoms with Crippen molar-refractivity contribution in [2.75, 3.05) is 0 Å². The van der Waals surface area contributed by atoms with Crippen LogP contribution in [0.5, 0.6) is 0 Å². The van der Waals surface area contributed by atoms with Crippen molar-refractivity contribution in [3.63, 3.8) is 0 Å². The molecule has 0 aromatic heterocycles. The van der Waals surface area contributed by atoms with Crippen LogP contribution in [0.1, 0.15) is 5.56 Å². The van der Waals surface area contributed by atoms with Gasteiger partial charge in [-0.1, -0.05) is 30.3 Å². The van der Waals surface area contributed by atoms with E-state index in [1.54, 1.807) is 36.4 Å². The fourth-order valence-corrected chi connectivity index (χ4v) is 1.40. The molecule has 1 aromatic carbocycles. The molecule has 0 saturated heterocycles. The number of benzene rings is 1. The monoisotopic (exact) mass is 251 g/mol. The summed E-state index contributed by atoms with van der Waals surface area (Å²) >= 11 is 2.92. The van der Waals surface area contributed by atoms with Gasteiger partial charge >= 0.3 is 5.97 Å². The first-order chi connectivity index (χ1) is 6.66. The molecule has 4 heteroatoms. The lowest BCUT2D eigenvalue weighted by atomic mass is 10.1. The Hall–Kier alpha value is -1.60. The van der Waals surface area contributed by atoms with Gasteiger partial charge in [0.25, 0.3) is 0 Å². The highest BCUT2D eigenvalue weighted by atomic mass is 79.9. The number of carboxylic acids is 1. The van der Waals surface area contributed by atoms with Crippen LogP contribution >= 0.6 is 15.9 Å². The summed E-state index contributed by atoms with van der Waals surface area (Å²) in [5.74, 6) is -1.12. The normalized spacial score (nSPS) is 11.4. The molecule has 0 unspecified atom stereocenters. The fourth-order valence-electron chi connectivity index (χ4n) is 1.00. The van der Waals surface area contributed by atoms with Crippen LogP contribution in [0, 0.1) is 11.3 Å². The summed E-state index contributed by atoms with van der Waals surface area (Å²) in [6.07, 6.45) is 0. The van der Waals surface area contributed by atoms with Gasteiger partial charge in [0, 0.05) is 0 Å². The molecule has 3 nitrogen and oxygen atoms in total. The third kappa shape index (κ3) is 2.21. The van der Waals surface area contributed by atoms with E-state index in [1.807, 2.05) is 0 Å². The SMILES string of the molecule is N#CC(Br)=C(C(=O)O)c1ccccc1. The first-order valence-electron chi connectivity index (χ1n) is 3.75. The smallest absolute Gasteiger partial charge is 0.338 e. The zero-order valence-electron chi connectivity index (χ0n) is 7.07. The average Bonchev–Trinajstić information content (AvgIpc) is 2.19. The lowest BCUT2D eigenvalue weighted by molar-refractivity contribution is -0.130. The van der Waals surface area contributed by atoms with Crippen LogP contribution in [0.25, 0.3) is 5.57 Å². The van der Waals surface area contributed by atoms with E-state index in [0.29, 0.717) is 5.56 Å². The van der Waals surface area contributed by atoms with Gasteiger partial charge in [0.05, 0.1) is 5.57 Å². The van der Waals surface area contributed by atoms with Crippen molar-refractivity contribution in [1.29, 1.82) is 5.26 Å². The molecule has 1 aromatic rings. The second-order valence-electron chi connectivity index (χ2n) is 2.47. The van der Waals surface area contributed by atoms with Gasteiger partial charge in [-0.15, -0.1) is 0 Å². The van der Waals surface area contributed by atoms with Crippen LogP contribution in [0.4, 0.5) is 0 Å². The Morgan fingerprint density at radius 2 is 1.93 bits per heavy atom. The van der Waals surface area contributed by atoms with Crippen LogP contribution in [0.3, 0.4) is 0 Å². The maximum Gasteiger partial charge on any atom is 0.338 e. The maximum atomic E-state index is 10.9. The minimum atomic E-state index is -1.12. The van der Waals surface area contributed by atoms with E-state index in [1.165, 1.54) is 0 Å². The average molecular weight is 252 g/mol. The molecule has 0 aliphatic rings. The summed E-state index contributed by atoms with van der Waals surface area (Å²) in [4.78, 5) is 10.9. The van der Waals surface area contributed by atoms with Crippen LogP contribution in [0.2, 0.25) is 0 Å². The van der Waals surface area contributed by atoms with Gasteiger partial charge in [-0.05, 0) is 21.5 Å². The van der Waals surface area contributed by atoms with Crippen LogP contribution < -0.4 is 0 Å². The second kappa shape index (κ2) is 4.58. The number of hydrogen-bond acceptors (Lipinski definition) is 2. The summed E-state index contributed by atoms with van der Waals surface area (Å²) in [5.41, 5.74) is 0.488. The van der Waals surface area contributed by atoms with Crippen LogP contribution in [0.15, 0.2) is 34.8 Å². The van der Waals surface area contributed by atoms with E-state index in [4.69, 9.17) is 10.4 Å². The predicted molar refractivity (Wildman–Crippen MR) is 55.5 cm³/mol. The third-order valence-corrected chi connectivity index (χ3v) is 2.17. The van der Waals surface area contributed by atoms with Crippen molar-refractivity contribution in [3.8, 4) is 6.07 Å². The van der Waals surface area contributed by atoms with E-state index in [0.717, 1.165) is 0 Å². The van der Waals surface area contributed by atoms with Crippen molar-refractivity contribution in [2.24, 2.45) is 0 Å². The molecule has 1 rings (SSSR count). The first-order valence-corrected chi connectivity index (χ1v) is 4.54. The molecule has 0 saturated carbocycles. The van der Waals surface area contributed by atoms with E-state index in [-0.39, 0.29) is 10.1 Å². The number of nitriles is 1. The molecule has 0 bridgehead atoms. The standard InChI is InChI=1S/C10H6BrNO2/c11-8(6-12)9(10(13)14)7-4-2-1-3-5-7/h1-5H,(H,13,14). The van der Waals surface area contributed by atoms with E-state index < -0.39 is 5.97 Å². The molecule has 0 heterocycles. The number of allylic oxidation sites excluding steroid dienone is 1. The molecule has 0 fully saturated rings. The van der Waals surface area contributed by atoms with Crippen molar-refractivity contribution in [2.45, 2.75) is 0 Å². The molecule has 0 radical (unpaired) electrons. The molecular weight excluding hydrogens is 246 g/mol. The number of rotatable bonds is 2. The number of nitrogens with zero attached hydrogens (tertiary/aromatic N) is 1. The number of halogens is 1. The molecule has 0 amide bonds. The quantitative estimate of drug-likeness (QED) is 0.649. The zero-order chi connectivity index (χ0) is 10.6. The van der Waals surface area contributed by atoms with Gasteiger partial charge in [-0.3, -0.25) is 0 Å². The summed E-state index contributed by atoms with van der Waals surface area (Å²) < 4.78 is 0.0243. The number of carbonyl (C=O) groups is 1. The third-order valence-electron chi connectivity index (χ3n) is 1.59. The molecule has 14 heavy (non-hydrogen) atoms. The Labute approximate surface area is 89.4 Å². The highest BCUT2D eigenvalue weighted by Crippen LogP contribution is 2.22. The number of aliphatic carboxylic acids is 1. The minimum absolute atomic E-state index is 0.0203. The summed E-state index contributed by atoms with van der Waals surface area (Å²) in [5, 5.41) is 17.5. The van der Waals surface area contributed by atoms with E-state index in [9.17, 15) is 4.79 Å². The van der Waals surface area contributed by atoms with Gasteiger partial charge in [-0.25, -0.2) is 4.79 Å². The Balaban J connectivity index is 3.30. The Bertz CT molecular complexity index is 417. The molecule has 0 aliphatic heterocycles. The Morgan fingerprint density at radius 3 is 2.36 bits per heavy atom. The zero-order valence-corrected chi connectivity index (χ0v) is 8.65. The molecule has 1 N–H and O–H groups in total. The summed E-state index contributed by atoms with van der Waals surface area (Å²) in [6, 6.07) is 10.3. The summed E-state index contributed by atoms with van der Waals surface area (Å²) in [7, 11) is 0. The van der Waals surface area contributed by atoms with Gasteiger partial charge in [0.2, 0.25) is 0 Å². The number of hydrogen-bond donors (Lipinski definition) is 1. The van der Waals surface area contributed by atoms with Gasteiger partial charge in [0.15, 0.2) is 0 Å². The molecular formula is C10H6BrNO2. The molecule has 0 spiro atoms. The fraction of sp³-hybridized carbons (Fsp3) is 0. The Morgan fingerprint density at radius 1 is 1.36 bits per heavy atom. The highest BCUT2D eigenvalue weighted by molar-refractivity contribution is 9.12. The van der Waals surface area contributed by atoms with Gasteiger partial charge < -0.3 is 5.11 Å². The van der Waals surface area contributed by atoms with Gasteiger partial charge in [-0.2, -0.15) is 5.26 Å². The molecule has 0 atom stereocenters. The molecule has 70 valence electrons. The largest absolute Gasteiger partial charge is 0.478 e. The van der Waals surface area contributed by atoms with Gasteiger partial charge in [0.1, 0.15) is 10.6 Å². The molecule has 0 aliphatic carbocycles. The van der Waals surface area contributed by atoms with E-state index >= 15 is 0 Å². The lowest BCUT2D eigenvalue weighted by Gasteiger charge is -2.01. The maximum absolute atomic E-state index is 10.9. The second-order valence-corrected chi connectivity index (χ2v) is 3.26. The highest BCUT2D eigenvalue weighted by Gasteiger charge is 2.14.